The predicted molar refractivity (Wildman–Crippen MR) is 124 cm³/mol. The number of ether oxygens (including phenoxy) is 2. The minimum Gasteiger partial charge on any atom is -0.478 e. The molecule has 0 radical (unpaired) electrons. The van der Waals surface area contributed by atoms with Crippen LogP contribution in [-0.2, 0) is 4.74 Å². The Bertz CT molecular complexity index is 917. The number of carbonyl (C=O) groups excluding carboxylic acids is 1. The Labute approximate surface area is 195 Å². The molecule has 1 amide bonds. The number of hydrogen-bond donors (Lipinski definition) is 1. The average molecular weight is 458 g/mol. The second-order valence-electron chi connectivity index (χ2n) is 9.33. The first kappa shape index (κ1) is 23.5. The summed E-state index contributed by atoms with van der Waals surface area (Å²) in [4.78, 5) is 23.6. The van der Waals surface area contributed by atoms with Crippen LogP contribution in [0.15, 0.2) is 16.7 Å². The molecular weight excluding hydrogens is 422 g/mol. The van der Waals surface area contributed by atoms with E-state index < -0.39 is 0 Å². The fraction of sp³-hybridized carbons (Fsp3) is 0.667. The van der Waals surface area contributed by atoms with Crippen molar-refractivity contribution in [3.63, 3.8) is 0 Å². The molecule has 0 bridgehead atoms. The highest BCUT2D eigenvalue weighted by Crippen LogP contribution is 2.26. The van der Waals surface area contributed by atoms with E-state index in [9.17, 15) is 4.79 Å². The predicted octanol–water partition coefficient (Wildman–Crippen LogP) is 3.49. The smallest absolute Gasteiger partial charge is 0.324 e. The van der Waals surface area contributed by atoms with Crippen LogP contribution in [0.25, 0.3) is 0 Å². The number of nitrogens with one attached hydrogen (secondary N) is 1. The van der Waals surface area contributed by atoms with Gasteiger partial charge in [-0.1, -0.05) is 19.0 Å². The Kier molecular flexibility index (Phi) is 7.80. The molecule has 0 aromatic carbocycles. The Morgan fingerprint density at radius 2 is 2.06 bits per heavy atom. The van der Waals surface area contributed by atoms with Crippen LogP contribution in [0.1, 0.15) is 73.7 Å². The summed E-state index contributed by atoms with van der Waals surface area (Å²) < 4.78 is 16.6. The van der Waals surface area contributed by atoms with Crippen LogP contribution in [0, 0.1) is 12.8 Å². The molecule has 2 fully saturated rings. The molecule has 0 spiro atoms. The lowest BCUT2D eigenvalue weighted by Gasteiger charge is -2.30. The lowest BCUT2D eigenvalue weighted by atomic mass is 9.92. The third-order valence-electron chi connectivity index (χ3n) is 6.41. The molecule has 2 aromatic heterocycles. The Morgan fingerprint density at radius 3 is 2.73 bits per heavy atom. The van der Waals surface area contributed by atoms with E-state index in [0.717, 1.165) is 51.0 Å². The van der Waals surface area contributed by atoms with Gasteiger partial charge in [0, 0.05) is 31.7 Å². The van der Waals surface area contributed by atoms with Crippen molar-refractivity contribution >= 4 is 11.9 Å². The minimum atomic E-state index is -0.102. The normalized spacial score (nSPS) is 19.3. The zero-order valence-electron chi connectivity index (χ0n) is 19.9. The second kappa shape index (κ2) is 11.0. The van der Waals surface area contributed by atoms with Gasteiger partial charge < -0.3 is 24.2 Å². The molecule has 9 nitrogen and oxygen atoms in total. The first-order valence-electron chi connectivity index (χ1n) is 12.1. The van der Waals surface area contributed by atoms with Crippen molar-refractivity contribution in [3.8, 4) is 5.88 Å². The zero-order valence-corrected chi connectivity index (χ0v) is 19.9. The molecule has 1 unspecified atom stereocenters. The molecule has 2 aromatic rings. The summed E-state index contributed by atoms with van der Waals surface area (Å²) in [6.45, 7) is 9.77. The third kappa shape index (κ3) is 6.22. The Morgan fingerprint density at radius 1 is 1.24 bits per heavy atom. The molecule has 2 aliphatic rings. The number of amides is 1. The number of anilines is 1. The molecule has 1 N–H and O–H groups in total. The van der Waals surface area contributed by atoms with Crippen LogP contribution < -0.4 is 15.0 Å². The van der Waals surface area contributed by atoms with E-state index in [2.05, 4.69) is 39.2 Å². The highest BCUT2D eigenvalue weighted by Gasteiger charge is 2.24. The van der Waals surface area contributed by atoms with Gasteiger partial charge in [0.05, 0.1) is 30.5 Å². The second-order valence-corrected chi connectivity index (χ2v) is 9.33. The number of rotatable bonds is 9. The van der Waals surface area contributed by atoms with Gasteiger partial charge in [-0.05, 0) is 51.0 Å². The topological polar surface area (TPSA) is 103 Å². The van der Waals surface area contributed by atoms with E-state index in [-0.39, 0.29) is 17.9 Å². The van der Waals surface area contributed by atoms with Crippen molar-refractivity contribution in [1.82, 2.24) is 20.4 Å². The molecule has 33 heavy (non-hydrogen) atoms. The van der Waals surface area contributed by atoms with Crippen molar-refractivity contribution < 1.29 is 18.8 Å². The molecule has 9 heteroatoms. The van der Waals surface area contributed by atoms with Crippen molar-refractivity contribution in [2.24, 2.45) is 5.92 Å². The van der Waals surface area contributed by atoms with Crippen molar-refractivity contribution in [2.45, 2.75) is 64.8 Å². The lowest BCUT2D eigenvalue weighted by molar-refractivity contribution is 0.0928. The van der Waals surface area contributed by atoms with Gasteiger partial charge in [0.15, 0.2) is 5.82 Å². The van der Waals surface area contributed by atoms with Crippen LogP contribution in [0.4, 0.5) is 6.01 Å². The maximum absolute atomic E-state index is 12.4. The molecule has 4 heterocycles. The molecule has 0 aliphatic carbocycles. The monoisotopic (exact) mass is 457 g/mol. The van der Waals surface area contributed by atoms with Gasteiger partial charge in [-0.25, -0.2) is 4.98 Å². The van der Waals surface area contributed by atoms with Crippen molar-refractivity contribution in [2.75, 3.05) is 37.8 Å². The van der Waals surface area contributed by atoms with Gasteiger partial charge in [-0.3, -0.25) is 4.79 Å². The summed E-state index contributed by atoms with van der Waals surface area (Å²) in [7, 11) is 0. The fourth-order valence-electron chi connectivity index (χ4n) is 4.32. The van der Waals surface area contributed by atoms with Crippen molar-refractivity contribution in [3.05, 3.63) is 29.2 Å². The quantitative estimate of drug-likeness (QED) is 0.571. The standard InChI is InChI=1S/C24H35N5O4/c1-16(2)22-27-24(33-28-22)29-11-8-18(9-12-29)5-4-13-32-21-7-6-20(17(3)25-21)23(30)26-19-10-14-31-15-19/h6-7,16,18-19H,4-5,8-15H2,1-3H3,(H,26,30). The molecule has 2 saturated heterocycles. The molecular formula is C24H35N5O4. The average Bonchev–Trinajstić information content (AvgIpc) is 3.50. The number of hydrogen-bond acceptors (Lipinski definition) is 8. The summed E-state index contributed by atoms with van der Waals surface area (Å²) in [6.07, 6.45) is 5.19. The molecule has 180 valence electrons. The van der Waals surface area contributed by atoms with E-state index >= 15 is 0 Å². The molecule has 0 saturated carbocycles. The Balaban J connectivity index is 1.16. The lowest BCUT2D eigenvalue weighted by Crippen LogP contribution is -2.35. The van der Waals surface area contributed by atoms with E-state index in [4.69, 9.17) is 14.0 Å². The highest BCUT2D eigenvalue weighted by atomic mass is 16.5. The molecule has 4 rings (SSSR count). The van der Waals surface area contributed by atoms with Crippen LogP contribution in [-0.4, -0.2) is 60.0 Å². The van der Waals surface area contributed by atoms with Gasteiger partial charge in [0.2, 0.25) is 5.88 Å². The fourth-order valence-corrected chi connectivity index (χ4v) is 4.32. The number of carbonyl (C=O) groups is 1. The van der Waals surface area contributed by atoms with Gasteiger partial charge in [0.25, 0.3) is 5.91 Å². The molecule has 1 atom stereocenters. The van der Waals surface area contributed by atoms with Crippen LogP contribution in [0.5, 0.6) is 5.88 Å². The Hall–Kier alpha value is -2.68. The largest absolute Gasteiger partial charge is 0.478 e. The first-order chi connectivity index (χ1) is 16.0. The van der Waals surface area contributed by atoms with Crippen LogP contribution in [0.2, 0.25) is 0 Å². The van der Waals surface area contributed by atoms with E-state index in [0.29, 0.717) is 48.9 Å². The maximum Gasteiger partial charge on any atom is 0.324 e. The van der Waals surface area contributed by atoms with Gasteiger partial charge in [0.1, 0.15) is 0 Å². The number of aromatic nitrogens is 3. The van der Waals surface area contributed by atoms with Gasteiger partial charge in [-0.2, -0.15) is 4.98 Å². The summed E-state index contributed by atoms with van der Waals surface area (Å²) in [5, 5.41) is 7.07. The van der Waals surface area contributed by atoms with Gasteiger partial charge >= 0.3 is 6.01 Å². The van der Waals surface area contributed by atoms with Gasteiger partial charge in [-0.15, -0.1) is 0 Å². The van der Waals surface area contributed by atoms with Crippen LogP contribution >= 0.6 is 0 Å². The summed E-state index contributed by atoms with van der Waals surface area (Å²) in [5.74, 6) is 2.19. The van der Waals surface area contributed by atoms with E-state index in [1.54, 1.807) is 12.1 Å². The number of aryl methyl sites for hydroxylation is 1. The maximum atomic E-state index is 12.4. The molecule has 2 aliphatic heterocycles. The SMILES string of the molecule is Cc1nc(OCCCC2CCN(c3nc(C(C)C)no3)CC2)ccc1C(=O)NC1CCOC1. The van der Waals surface area contributed by atoms with Crippen molar-refractivity contribution in [1.29, 1.82) is 0 Å². The summed E-state index contributed by atoms with van der Waals surface area (Å²) in [5.41, 5.74) is 1.26. The summed E-state index contributed by atoms with van der Waals surface area (Å²) >= 11 is 0. The number of nitrogens with zero attached hydrogens (tertiary/aromatic N) is 4. The van der Waals surface area contributed by atoms with E-state index in [1.807, 2.05) is 6.92 Å². The number of pyridine rings is 1. The summed E-state index contributed by atoms with van der Waals surface area (Å²) in [6, 6.07) is 4.31. The third-order valence-corrected chi connectivity index (χ3v) is 6.41. The first-order valence-corrected chi connectivity index (χ1v) is 12.1. The zero-order chi connectivity index (χ0) is 23.2. The highest BCUT2D eigenvalue weighted by molar-refractivity contribution is 5.95. The van der Waals surface area contributed by atoms with E-state index in [1.165, 1.54) is 0 Å². The minimum absolute atomic E-state index is 0.0872. The number of piperidine rings is 1. The van der Waals surface area contributed by atoms with Crippen LogP contribution in [0.3, 0.4) is 0 Å².